The fraction of sp³-hybridized carbons (Fsp3) is 0.800. The molecule has 0 saturated heterocycles. The van der Waals surface area contributed by atoms with Crippen LogP contribution in [0.15, 0.2) is 35.7 Å². The molecule has 0 amide bonds. The Balaban J connectivity index is 0.000000154. The van der Waals surface area contributed by atoms with Gasteiger partial charge in [-0.2, -0.15) is 0 Å². The van der Waals surface area contributed by atoms with Crippen LogP contribution in [0.1, 0.15) is 180 Å². The van der Waals surface area contributed by atoms with Gasteiger partial charge in [0.2, 0.25) is 0 Å². The first kappa shape index (κ1) is 42.3. The smallest absolute Gasteiger partial charge is 0.155 e. The van der Waals surface area contributed by atoms with Gasteiger partial charge in [0, 0.05) is 36.8 Å². The normalized spacial score (nSPS) is 40.5. The summed E-state index contributed by atoms with van der Waals surface area (Å²) in [5.41, 5.74) is 2.63. The van der Waals surface area contributed by atoms with E-state index in [1.807, 2.05) is 33.9 Å². The van der Waals surface area contributed by atoms with E-state index in [1.54, 1.807) is 0 Å². The predicted molar refractivity (Wildman–Crippen MR) is 231 cm³/mol. The zero-order valence-corrected chi connectivity index (χ0v) is 37.3. The lowest BCUT2D eigenvalue weighted by atomic mass is 9.49. The molecule has 8 aliphatic rings. The van der Waals surface area contributed by atoms with Gasteiger partial charge in [-0.05, 0) is 175 Å². The van der Waals surface area contributed by atoms with Crippen LogP contribution in [-0.4, -0.2) is 51.8 Å². The Bertz CT molecular complexity index is 1830. The summed E-state index contributed by atoms with van der Waals surface area (Å²) in [6.07, 6.45) is 30.9. The Morgan fingerprint density at radius 1 is 0.567 bits per heavy atom. The Morgan fingerprint density at radius 2 is 1.00 bits per heavy atom. The molecular weight excluding hydrogens is 749 g/mol. The highest BCUT2D eigenvalue weighted by atomic mass is 16.3. The van der Waals surface area contributed by atoms with Gasteiger partial charge >= 0.3 is 0 Å². The van der Waals surface area contributed by atoms with Crippen molar-refractivity contribution in [2.75, 3.05) is 0 Å². The second kappa shape index (κ2) is 16.6. The Kier molecular flexibility index (Phi) is 11.7. The molecule has 0 aliphatic heterocycles. The number of nitrogens with zero attached hydrogens (tertiary/aromatic N) is 6. The standard InChI is InChI=1S/2C25H37N3O2/c2*1-3-5-14-28-16-23(26-27-28)25(30)13-11-22-21-8-6-17-15-18(29)7-9-19(17)20(21)10-12-24(22,25)4-2/h2*15-16,19-22,30H,3-14H2,1-2H3/t2*19-,20?,21?,22?,24-,25+/m00/s1. The van der Waals surface area contributed by atoms with E-state index in [2.05, 4.69) is 48.3 Å². The number of rotatable bonds is 10. The third kappa shape index (κ3) is 6.68. The van der Waals surface area contributed by atoms with Gasteiger partial charge in [0.25, 0.3) is 0 Å². The van der Waals surface area contributed by atoms with Crippen molar-refractivity contribution in [3.63, 3.8) is 0 Å². The van der Waals surface area contributed by atoms with Crippen molar-refractivity contribution in [2.24, 2.45) is 58.2 Å². The predicted octanol–water partition coefficient (Wildman–Crippen LogP) is 9.60. The molecule has 2 N–H and O–H groups in total. The minimum absolute atomic E-state index is 0.0779. The second-order valence-electron chi connectivity index (χ2n) is 20.9. The molecule has 8 aliphatic carbocycles. The Hall–Kier alpha value is -2.98. The second-order valence-corrected chi connectivity index (χ2v) is 20.9. The van der Waals surface area contributed by atoms with Crippen LogP contribution in [-0.2, 0) is 33.9 Å². The van der Waals surface area contributed by atoms with E-state index in [4.69, 9.17) is 0 Å². The fourth-order valence-electron chi connectivity index (χ4n) is 16.1. The average molecular weight is 823 g/mol. The largest absolute Gasteiger partial charge is 0.383 e. The van der Waals surface area contributed by atoms with Gasteiger partial charge in [0.15, 0.2) is 11.6 Å². The van der Waals surface area contributed by atoms with E-state index in [-0.39, 0.29) is 10.8 Å². The number of unbranched alkanes of at least 4 members (excludes halogenated alkanes) is 2. The van der Waals surface area contributed by atoms with Crippen LogP contribution in [0.3, 0.4) is 0 Å². The highest BCUT2D eigenvalue weighted by Crippen LogP contribution is 2.70. The summed E-state index contributed by atoms with van der Waals surface area (Å²) in [7, 11) is 0. The summed E-state index contributed by atoms with van der Waals surface area (Å²) in [4.78, 5) is 23.9. The van der Waals surface area contributed by atoms with Gasteiger partial charge in [-0.3, -0.25) is 19.0 Å². The van der Waals surface area contributed by atoms with Crippen LogP contribution in [0.2, 0.25) is 0 Å². The fourth-order valence-corrected chi connectivity index (χ4v) is 16.1. The molecule has 6 saturated carbocycles. The van der Waals surface area contributed by atoms with Crippen LogP contribution < -0.4 is 0 Å². The molecule has 10 rings (SSSR count). The molecule has 6 unspecified atom stereocenters. The molecule has 60 heavy (non-hydrogen) atoms. The maximum absolute atomic E-state index is 12.1. The number of fused-ring (bicyclic) bond motifs is 10. The number of aliphatic hydroxyl groups is 2. The third-order valence-corrected chi connectivity index (χ3v) is 19.0. The van der Waals surface area contributed by atoms with E-state index in [9.17, 15) is 19.8 Å². The highest BCUT2D eigenvalue weighted by molar-refractivity contribution is 5.91. The first-order valence-corrected chi connectivity index (χ1v) is 24.8. The molecule has 328 valence electrons. The van der Waals surface area contributed by atoms with Crippen molar-refractivity contribution in [2.45, 2.75) is 193 Å². The van der Waals surface area contributed by atoms with Gasteiger partial charge in [-0.15, -0.1) is 10.2 Å². The summed E-state index contributed by atoms with van der Waals surface area (Å²) in [5.74, 6) is 5.77. The summed E-state index contributed by atoms with van der Waals surface area (Å²) in [5, 5.41) is 42.0. The number of ketones is 2. The summed E-state index contributed by atoms with van der Waals surface area (Å²) < 4.78 is 3.85. The van der Waals surface area contributed by atoms with E-state index >= 15 is 0 Å². The molecule has 10 nitrogen and oxygen atoms in total. The summed E-state index contributed by atoms with van der Waals surface area (Å²) >= 11 is 0. The minimum atomic E-state index is -0.847. The lowest BCUT2D eigenvalue weighted by Crippen LogP contribution is -2.52. The third-order valence-electron chi connectivity index (χ3n) is 19.0. The summed E-state index contributed by atoms with van der Waals surface area (Å²) in [6.45, 7) is 10.7. The molecule has 0 bridgehead atoms. The Labute approximate surface area is 358 Å². The molecule has 12 atom stereocenters. The topological polar surface area (TPSA) is 136 Å². The minimum Gasteiger partial charge on any atom is -0.383 e. The number of carbonyl (C=O) groups is 2. The number of aryl methyl sites for hydroxylation is 2. The van der Waals surface area contributed by atoms with Crippen molar-refractivity contribution < 1.29 is 19.8 Å². The zero-order chi connectivity index (χ0) is 41.9. The lowest BCUT2D eigenvalue weighted by Gasteiger charge is -2.56. The molecule has 2 aromatic heterocycles. The molecule has 6 fully saturated rings. The lowest BCUT2D eigenvalue weighted by molar-refractivity contribution is -0.138. The molecule has 10 heteroatoms. The zero-order valence-electron chi connectivity index (χ0n) is 37.3. The average Bonchev–Trinajstić information content (AvgIpc) is 4.07. The molecule has 0 spiro atoms. The van der Waals surface area contributed by atoms with Gasteiger partial charge in [0.05, 0.1) is 12.4 Å². The molecule has 2 heterocycles. The monoisotopic (exact) mass is 823 g/mol. The first-order valence-electron chi connectivity index (χ1n) is 24.8. The number of allylic oxidation sites excluding steroid dienone is 2. The van der Waals surface area contributed by atoms with E-state index in [0.29, 0.717) is 58.9 Å². The van der Waals surface area contributed by atoms with Crippen molar-refractivity contribution in [3.05, 3.63) is 47.1 Å². The SMILES string of the molecule is CCCCn1cc([C@]2(O)CCC3C4CCC5=CC(=O)CC[C@@H]5C4CC[C@@]32CC)nn1.CCCCn1cc([C@]2(O)CCC3C4CCC5=CC(=O)CC[C@@H]5C4CC[C@@]32CC)nn1. The first-order chi connectivity index (χ1) is 29.0. The molecular formula is C50H74N6O4. The van der Waals surface area contributed by atoms with Crippen LogP contribution in [0.25, 0.3) is 0 Å². The van der Waals surface area contributed by atoms with E-state index in [1.165, 1.54) is 36.8 Å². The van der Waals surface area contributed by atoms with Crippen molar-refractivity contribution in [3.8, 4) is 0 Å². The Morgan fingerprint density at radius 3 is 1.40 bits per heavy atom. The van der Waals surface area contributed by atoms with Crippen molar-refractivity contribution in [1.82, 2.24) is 30.0 Å². The van der Waals surface area contributed by atoms with Crippen LogP contribution in [0.4, 0.5) is 0 Å². The van der Waals surface area contributed by atoms with Crippen LogP contribution in [0, 0.1) is 58.2 Å². The molecule has 0 radical (unpaired) electrons. The van der Waals surface area contributed by atoms with Gasteiger partial charge in [-0.25, -0.2) is 0 Å². The molecule has 2 aromatic rings. The van der Waals surface area contributed by atoms with Crippen molar-refractivity contribution in [1.29, 1.82) is 0 Å². The quantitative estimate of drug-likeness (QED) is 0.242. The number of carbonyl (C=O) groups excluding carboxylic acids is 2. The maximum Gasteiger partial charge on any atom is 0.155 e. The van der Waals surface area contributed by atoms with Crippen LogP contribution in [0.5, 0.6) is 0 Å². The van der Waals surface area contributed by atoms with Crippen LogP contribution >= 0.6 is 0 Å². The van der Waals surface area contributed by atoms with E-state index in [0.717, 1.165) is 140 Å². The maximum atomic E-state index is 12.1. The van der Waals surface area contributed by atoms with Gasteiger partial charge in [-0.1, -0.05) is 62.1 Å². The highest BCUT2D eigenvalue weighted by Gasteiger charge is 2.66. The van der Waals surface area contributed by atoms with E-state index < -0.39 is 11.2 Å². The van der Waals surface area contributed by atoms with Gasteiger partial charge < -0.3 is 10.2 Å². The number of hydrogen-bond acceptors (Lipinski definition) is 8. The van der Waals surface area contributed by atoms with Gasteiger partial charge in [0.1, 0.15) is 22.6 Å². The molecule has 0 aromatic carbocycles. The summed E-state index contributed by atoms with van der Waals surface area (Å²) in [6, 6.07) is 0. The number of hydrogen-bond donors (Lipinski definition) is 2. The van der Waals surface area contributed by atoms with Crippen molar-refractivity contribution >= 4 is 11.6 Å². The number of aromatic nitrogens is 6.